The third-order valence-electron chi connectivity index (χ3n) is 5.04. The average Bonchev–Trinajstić information content (AvgIpc) is 3.17. The molecule has 128 valence electrons. The smallest absolute Gasteiger partial charge is 0.238 e. The second kappa shape index (κ2) is 7.22. The number of para-hydroxylation sites is 1. The first-order valence-electron chi connectivity index (χ1n) is 8.83. The topological polar surface area (TPSA) is 37.3 Å². The van der Waals surface area contributed by atoms with Gasteiger partial charge < -0.3 is 9.88 Å². The van der Waals surface area contributed by atoms with Gasteiger partial charge >= 0.3 is 0 Å². The van der Waals surface area contributed by atoms with Crippen LogP contribution in [0, 0.1) is 6.92 Å². The van der Waals surface area contributed by atoms with Gasteiger partial charge in [-0.15, -0.1) is 0 Å². The van der Waals surface area contributed by atoms with Crippen LogP contribution in [0.4, 0.5) is 5.69 Å². The number of benzene rings is 1. The first-order chi connectivity index (χ1) is 11.6. The van der Waals surface area contributed by atoms with Gasteiger partial charge in [0.25, 0.3) is 0 Å². The first kappa shape index (κ1) is 16.8. The quantitative estimate of drug-likeness (QED) is 0.911. The van der Waals surface area contributed by atoms with Crippen LogP contribution in [0.2, 0.25) is 0 Å². The molecule has 1 aromatic heterocycles. The second-order valence-electron chi connectivity index (χ2n) is 6.68. The summed E-state index contributed by atoms with van der Waals surface area (Å²) in [6.07, 6.45) is 5.27. The molecule has 1 fully saturated rings. The molecular formula is C20H27N3O. The van der Waals surface area contributed by atoms with Gasteiger partial charge in [-0.05, 0) is 56.0 Å². The molecule has 2 aromatic rings. The number of nitrogens with zero attached hydrogens (tertiary/aromatic N) is 2. The molecule has 1 atom stereocenters. The molecule has 0 aliphatic carbocycles. The van der Waals surface area contributed by atoms with Crippen LogP contribution in [-0.2, 0) is 18.3 Å². The predicted octanol–water partition coefficient (Wildman–Crippen LogP) is 3.67. The number of anilines is 1. The Morgan fingerprint density at radius 2 is 2.12 bits per heavy atom. The number of likely N-dealkylation sites (tertiary alicyclic amines) is 1. The fourth-order valence-electron chi connectivity index (χ4n) is 3.74. The zero-order valence-electron chi connectivity index (χ0n) is 14.9. The van der Waals surface area contributed by atoms with Crippen molar-refractivity contribution in [1.29, 1.82) is 0 Å². The van der Waals surface area contributed by atoms with Gasteiger partial charge in [-0.2, -0.15) is 0 Å². The summed E-state index contributed by atoms with van der Waals surface area (Å²) in [5.74, 6) is 0.0834. The van der Waals surface area contributed by atoms with E-state index in [1.165, 1.54) is 11.3 Å². The van der Waals surface area contributed by atoms with E-state index in [9.17, 15) is 4.79 Å². The van der Waals surface area contributed by atoms with E-state index in [0.717, 1.165) is 37.1 Å². The lowest BCUT2D eigenvalue weighted by Crippen LogP contribution is -2.33. The van der Waals surface area contributed by atoms with Crippen molar-refractivity contribution in [3.05, 3.63) is 53.3 Å². The highest BCUT2D eigenvalue weighted by Gasteiger charge is 2.29. The highest BCUT2D eigenvalue weighted by Crippen LogP contribution is 2.31. The van der Waals surface area contributed by atoms with Gasteiger partial charge in [-0.1, -0.05) is 25.1 Å². The van der Waals surface area contributed by atoms with E-state index in [1.807, 2.05) is 0 Å². The molecule has 2 heterocycles. The summed E-state index contributed by atoms with van der Waals surface area (Å²) in [6, 6.07) is 10.8. The van der Waals surface area contributed by atoms with Gasteiger partial charge in [0.2, 0.25) is 5.91 Å². The van der Waals surface area contributed by atoms with Crippen LogP contribution in [0.5, 0.6) is 0 Å². The largest absolute Gasteiger partial charge is 0.353 e. The Hall–Kier alpha value is -2.07. The zero-order valence-corrected chi connectivity index (χ0v) is 14.9. The lowest BCUT2D eigenvalue weighted by atomic mass is 10.1. The number of carbonyl (C=O) groups is 1. The lowest BCUT2D eigenvalue weighted by Gasteiger charge is -2.25. The number of hydrogen-bond donors (Lipinski definition) is 1. The summed E-state index contributed by atoms with van der Waals surface area (Å²) in [5.41, 5.74) is 4.61. The SMILES string of the molecule is CCc1cccc(C)c1NC(=O)CN1CCC[C@H]1c1cccn1C. The number of hydrogen-bond acceptors (Lipinski definition) is 2. The van der Waals surface area contributed by atoms with Gasteiger partial charge in [-0.3, -0.25) is 9.69 Å². The van der Waals surface area contributed by atoms with Crippen molar-refractivity contribution in [1.82, 2.24) is 9.47 Å². The number of nitrogens with one attached hydrogen (secondary N) is 1. The van der Waals surface area contributed by atoms with Gasteiger partial charge in [0.15, 0.2) is 0 Å². The van der Waals surface area contributed by atoms with Crippen LogP contribution >= 0.6 is 0 Å². The third-order valence-corrected chi connectivity index (χ3v) is 5.04. The average molecular weight is 325 g/mol. The summed E-state index contributed by atoms with van der Waals surface area (Å²) in [7, 11) is 2.08. The van der Waals surface area contributed by atoms with Crippen LogP contribution in [0.1, 0.15) is 42.6 Å². The number of aryl methyl sites for hydroxylation is 3. The highest BCUT2D eigenvalue weighted by molar-refractivity contribution is 5.93. The molecule has 4 nitrogen and oxygen atoms in total. The van der Waals surface area contributed by atoms with E-state index in [-0.39, 0.29) is 5.91 Å². The fourth-order valence-corrected chi connectivity index (χ4v) is 3.74. The Morgan fingerprint density at radius 3 is 2.83 bits per heavy atom. The van der Waals surface area contributed by atoms with E-state index >= 15 is 0 Å². The standard InChI is InChI=1S/C20H27N3O/c1-4-16-9-5-8-15(2)20(16)21-19(24)14-23-13-7-11-18(23)17-10-6-12-22(17)3/h5-6,8-10,12,18H,4,7,11,13-14H2,1-3H3,(H,21,24)/t18-/m0/s1. The Kier molecular flexibility index (Phi) is 5.05. The molecule has 1 aromatic carbocycles. The van der Waals surface area contributed by atoms with Gasteiger partial charge in [0.1, 0.15) is 0 Å². The second-order valence-corrected chi connectivity index (χ2v) is 6.68. The normalized spacial score (nSPS) is 18.0. The molecule has 3 rings (SSSR count). The van der Waals surface area contributed by atoms with Crippen molar-refractivity contribution in [2.45, 2.75) is 39.2 Å². The van der Waals surface area contributed by atoms with E-state index in [4.69, 9.17) is 0 Å². The fraction of sp³-hybridized carbons (Fsp3) is 0.450. The number of rotatable bonds is 5. The van der Waals surface area contributed by atoms with E-state index in [0.29, 0.717) is 12.6 Å². The van der Waals surface area contributed by atoms with Crippen LogP contribution in [0.3, 0.4) is 0 Å². The van der Waals surface area contributed by atoms with Crippen molar-refractivity contribution in [3.63, 3.8) is 0 Å². The van der Waals surface area contributed by atoms with Crippen molar-refractivity contribution < 1.29 is 4.79 Å². The third kappa shape index (κ3) is 3.39. The monoisotopic (exact) mass is 325 g/mol. The molecule has 4 heteroatoms. The maximum atomic E-state index is 12.6. The van der Waals surface area contributed by atoms with Crippen molar-refractivity contribution in [3.8, 4) is 0 Å². The Labute approximate surface area is 144 Å². The maximum Gasteiger partial charge on any atom is 0.238 e. The number of amides is 1. The summed E-state index contributed by atoms with van der Waals surface area (Å²) in [4.78, 5) is 14.9. The molecule has 24 heavy (non-hydrogen) atoms. The van der Waals surface area contributed by atoms with Crippen LogP contribution < -0.4 is 5.32 Å². The van der Waals surface area contributed by atoms with Gasteiger partial charge in [0, 0.05) is 24.6 Å². The Morgan fingerprint density at radius 1 is 1.29 bits per heavy atom. The van der Waals surface area contributed by atoms with Crippen LogP contribution in [0.15, 0.2) is 36.5 Å². The summed E-state index contributed by atoms with van der Waals surface area (Å²) in [5, 5.41) is 3.15. The van der Waals surface area contributed by atoms with E-state index < -0.39 is 0 Å². The van der Waals surface area contributed by atoms with Crippen molar-refractivity contribution in [2.24, 2.45) is 7.05 Å². The van der Waals surface area contributed by atoms with E-state index in [2.05, 4.69) is 72.2 Å². The van der Waals surface area contributed by atoms with Crippen molar-refractivity contribution >= 4 is 11.6 Å². The molecule has 1 saturated heterocycles. The minimum atomic E-state index is 0.0834. The summed E-state index contributed by atoms with van der Waals surface area (Å²) >= 11 is 0. The zero-order chi connectivity index (χ0) is 17.1. The number of aromatic nitrogens is 1. The Balaban J connectivity index is 1.70. The van der Waals surface area contributed by atoms with Gasteiger partial charge in [0.05, 0.1) is 12.6 Å². The predicted molar refractivity (Wildman–Crippen MR) is 98.1 cm³/mol. The van der Waals surface area contributed by atoms with Crippen molar-refractivity contribution in [2.75, 3.05) is 18.4 Å². The minimum absolute atomic E-state index is 0.0834. The Bertz CT molecular complexity index is 719. The van der Waals surface area contributed by atoms with Crippen LogP contribution in [-0.4, -0.2) is 28.5 Å². The molecule has 0 radical (unpaired) electrons. The molecule has 0 bridgehead atoms. The number of carbonyl (C=O) groups excluding carboxylic acids is 1. The minimum Gasteiger partial charge on any atom is -0.353 e. The highest BCUT2D eigenvalue weighted by atomic mass is 16.2. The molecule has 1 aliphatic heterocycles. The molecule has 0 spiro atoms. The molecule has 0 saturated carbocycles. The first-order valence-corrected chi connectivity index (χ1v) is 8.83. The van der Waals surface area contributed by atoms with Gasteiger partial charge in [-0.25, -0.2) is 0 Å². The molecule has 1 amide bonds. The van der Waals surface area contributed by atoms with E-state index in [1.54, 1.807) is 0 Å². The lowest BCUT2D eigenvalue weighted by molar-refractivity contribution is -0.117. The molecule has 1 N–H and O–H groups in total. The summed E-state index contributed by atoms with van der Waals surface area (Å²) in [6.45, 7) is 5.61. The summed E-state index contributed by atoms with van der Waals surface area (Å²) < 4.78 is 2.16. The molecule has 0 unspecified atom stereocenters. The maximum absolute atomic E-state index is 12.6. The molecule has 1 aliphatic rings. The van der Waals surface area contributed by atoms with Crippen LogP contribution in [0.25, 0.3) is 0 Å². The molecular weight excluding hydrogens is 298 g/mol.